The van der Waals surface area contributed by atoms with Gasteiger partial charge in [0.15, 0.2) is 0 Å². The van der Waals surface area contributed by atoms with Crippen molar-refractivity contribution in [3.63, 3.8) is 0 Å². The highest BCUT2D eigenvalue weighted by atomic mass is 32.2. The number of thioether (sulfide) groups is 1. The van der Waals surface area contributed by atoms with Crippen molar-refractivity contribution in [1.29, 1.82) is 0 Å². The molecule has 0 amide bonds. The summed E-state index contributed by atoms with van der Waals surface area (Å²) in [7, 11) is 4.01. The molecule has 0 aliphatic carbocycles. The van der Waals surface area contributed by atoms with E-state index in [9.17, 15) is 0 Å². The first kappa shape index (κ1) is 17.1. The SMILES string of the molecule is CNc1cc(N(C)C(C)CCSC)nc(C(C)(C)C)n1. The summed E-state index contributed by atoms with van der Waals surface area (Å²) in [6.45, 7) is 8.67. The predicted molar refractivity (Wildman–Crippen MR) is 91.1 cm³/mol. The van der Waals surface area contributed by atoms with Crippen LogP contribution in [0.5, 0.6) is 0 Å². The van der Waals surface area contributed by atoms with Crippen molar-refractivity contribution in [2.24, 2.45) is 0 Å². The number of nitrogens with one attached hydrogen (secondary N) is 1. The molecule has 1 aromatic heterocycles. The highest BCUT2D eigenvalue weighted by Crippen LogP contribution is 2.24. The van der Waals surface area contributed by atoms with Crippen molar-refractivity contribution in [2.75, 3.05) is 36.3 Å². The van der Waals surface area contributed by atoms with Crippen molar-refractivity contribution < 1.29 is 0 Å². The summed E-state index contributed by atoms with van der Waals surface area (Å²) in [5.41, 5.74) is -0.0506. The molecule has 1 aromatic rings. The molecule has 114 valence electrons. The predicted octanol–water partition coefficient (Wildman–Crippen LogP) is 3.39. The lowest BCUT2D eigenvalue weighted by atomic mass is 9.96. The maximum Gasteiger partial charge on any atom is 0.138 e. The second-order valence-electron chi connectivity index (χ2n) is 6.18. The number of aromatic nitrogens is 2. The molecule has 1 heterocycles. The first-order chi connectivity index (χ1) is 9.29. The lowest BCUT2D eigenvalue weighted by molar-refractivity contribution is 0.543. The molecular formula is C15H28N4S. The van der Waals surface area contributed by atoms with Gasteiger partial charge in [0.05, 0.1) is 0 Å². The van der Waals surface area contributed by atoms with Gasteiger partial charge in [0.2, 0.25) is 0 Å². The minimum Gasteiger partial charge on any atom is -0.373 e. The van der Waals surface area contributed by atoms with Crippen molar-refractivity contribution >= 4 is 23.4 Å². The van der Waals surface area contributed by atoms with E-state index < -0.39 is 0 Å². The van der Waals surface area contributed by atoms with Gasteiger partial charge in [0.25, 0.3) is 0 Å². The van der Waals surface area contributed by atoms with Gasteiger partial charge in [-0.3, -0.25) is 0 Å². The largest absolute Gasteiger partial charge is 0.373 e. The van der Waals surface area contributed by atoms with Gasteiger partial charge in [-0.15, -0.1) is 0 Å². The zero-order valence-corrected chi connectivity index (χ0v) is 14.6. The third-order valence-electron chi connectivity index (χ3n) is 3.40. The van der Waals surface area contributed by atoms with E-state index in [1.54, 1.807) is 0 Å². The molecule has 1 atom stereocenters. The summed E-state index contributed by atoms with van der Waals surface area (Å²) in [4.78, 5) is 11.6. The Hall–Kier alpha value is -0.970. The Morgan fingerprint density at radius 2 is 2.00 bits per heavy atom. The monoisotopic (exact) mass is 296 g/mol. The first-order valence-electron chi connectivity index (χ1n) is 7.08. The highest BCUT2D eigenvalue weighted by molar-refractivity contribution is 7.98. The van der Waals surface area contributed by atoms with Gasteiger partial charge >= 0.3 is 0 Å². The average Bonchev–Trinajstić information content (AvgIpc) is 2.42. The summed E-state index contributed by atoms with van der Waals surface area (Å²) < 4.78 is 0. The fourth-order valence-electron chi connectivity index (χ4n) is 1.79. The molecule has 0 spiro atoms. The number of hydrogen-bond donors (Lipinski definition) is 1. The molecule has 5 heteroatoms. The summed E-state index contributed by atoms with van der Waals surface area (Å²) >= 11 is 1.89. The number of anilines is 2. The summed E-state index contributed by atoms with van der Waals surface area (Å²) in [6, 6.07) is 2.49. The van der Waals surface area contributed by atoms with Crippen LogP contribution in [0.4, 0.5) is 11.6 Å². The minimum absolute atomic E-state index is 0.0506. The van der Waals surface area contributed by atoms with E-state index in [0.29, 0.717) is 6.04 Å². The summed E-state index contributed by atoms with van der Waals surface area (Å²) in [6.07, 6.45) is 3.30. The van der Waals surface area contributed by atoms with Crippen LogP contribution in [0.3, 0.4) is 0 Å². The van der Waals surface area contributed by atoms with Crippen LogP contribution >= 0.6 is 11.8 Å². The molecule has 1 unspecified atom stereocenters. The third-order valence-corrected chi connectivity index (χ3v) is 4.05. The van der Waals surface area contributed by atoms with E-state index in [4.69, 9.17) is 4.98 Å². The normalized spacial score (nSPS) is 13.2. The second kappa shape index (κ2) is 7.16. The Balaban J connectivity index is 3.04. The quantitative estimate of drug-likeness (QED) is 0.871. The van der Waals surface area contributed by atoms with Crippen molar-refractivity contribution in [2.45, 2.75) is 45.6 Å². The molecule has 0 aliphatic rings. The van der Waals surface area contributed by atoms with Gasteiger partial charge in [-0.2, -0.15) is 11.8 Å². The van der Waals surface area contributed by atoms with Crippen LogP contribution in [-0.4, -0.2) is 42.1 Å². The summed E-state index contributed by atoms with van der Waals surface area (Å²) in [5.74, 6) is 3.91. The fraction of sp³-hybridized carbons (Fsp3) is 0.733. The van der Waals surface area contributed by atoms with E-state index in [-0.39, 0.29) is 5.41 Å². The molecule has 1 rings (SSSR count). The van der Waals surface area contributed by atoms with Crippen LogP contribution in [0.1, 0.15) is 39.9 Å². The van der Waals surface area contributed by atoms with Gasteiger partial charge in [-0.05, 0) is 25.4 Å². The van der Waals surface area contributed by atoms with E-state index in [0.717, 1.165) is 23.9 Å². The Kier molecular flexibility index (Phi) is 6.11. The zero-order valence-electron chi connectivity index (χ0n) is 13.8. The van der Waals surface area contributed by atoms with Crippen LogP contribution in [0.15, 0.2) is 6.07 Å². The molecule has 0 aromatic carbocycles. The third kappa shape index (κ3) is 4.54. The van der Waals surface area contributed by atoms with Gasteiger partial charge in [-0.25, -0.2) is 9.97 Å². The minimum atomic E-state index is -0.0506. The van der Waals surface area contributed by atoms with Crippen LogP contribution in [-0.2, 0) is 5.41 Å². The van der Waals surface area contributed by atoms with E-state index in [1.165, 1.54) is 5.75 Å². The van der Waals surface area contributed by atoms with Crippen molar-refractivity contribution in [3.8, 4) is 0 Å². The van der Waals surface area contributed by atoms with Crippen molar-refractivity contribution in [1.82, 2.24) is 9.97 Å². The molecule has 20 heavy (non-hydrogen) atoms. The van der Waals surface area contributed by atoms with Gasteiger partial charge < -0.3 is 10.2 Å². The van der Waals surface area contributed by atoms with Gasteiger partial charge in [0.1, 0.15) is 17.5 Å². The van der Waals surface area contributed by atoms with Crippen LogP contribution in [0.25, 0.3) is 0 Å². The molecule has 0 radical (unpaired) electrons. The molecular weight excluding hydrogens is 268 g/mol. The Bertz CT molecular complexity index is 428. The number of rotatable bonds is 6. The van der Waals surface area contributed by atoms with E-state index >= 15 is 0 Å². The van der Waals surface area contributed by atoms with Crippen LogP contribution in [0.2, 0.25) is 0 Å². The van der Waals surface area contributed by atoms with Crippen LogP contribution in [0, 0.1) is 0 Å². The molecule has 0 saturated heterocycles. The first-order valence-corrected chi connectivity index (χ1v) is 8.48. The Morgan fingerprint density at radius 1 is 1.35 bits per heavy atom. The number of nitrogens with zero attached hydrogens (tertiary/aromatic N) is 3. The highest BCUT2D eigenvalue weighted by Gasteiger charge is 2.21. The van der Waals surface area contributed by atoms with Crippen molar-refractivity contribution in [3.05, 3.63) is 11.9 Å². The number of hydrogen-bond acceptors (Lipinski definition) is 5. The topological polar surface area (TPSA) is 41.0 Å². The maximum atomic E-state index is 4.75. The maximum absolute atomic E-state index is 4.75. The Labute approximate surface area is 127 Å². The van der Waals surface area contributed by atoms with E-state index in [2.05, 4.69) is 56.2 Å². The molecule has 0 fully saturated rings. The van der Waals surface area contributed by atoms with Crippen LogP contribution < -0.4 is 10.2 Å². The van der Waals surface area contributed by atoms with Gasteiger partial charge in [-0.1, -0.05) is 20.8 Å². The Morgan fingerprint density at radius 3 is 2.50 bits per heavy atom. The molecule has 0 saturated carbocycles. The average molecular weight is 296 g/mol. The lowest BCUT2D eigenvalue weighted by Gasteiger charge is -2.28. The van der Waals surface area contributed by atoms with Gasteiger partial charge in [0, 0.05) is 31.6 Å². The molecule has 0 aliphatic heterocycles. The lowest BCUT2D eigenvalue weighted by Crippen LogP contribution is -2.31. The van der Waals surface area contributed by atoms with E-state index in [1.807, 2.05) is 24.9 Å². The fourth-order valence-corrected chi connectivity index (χ4v) is 2.36. The molecule has 1 N–H and O–H groups in total. The smallest absolute Gasteiger partial charge is 0.138 e. The second-order valence-corrected chi connectivity index (χ2v) is 7.16. The standard InChI is InChI=1S/C15H28N4S/c1-11(8-9-20-7)19(6)13-10-12(16-5)17-14(18-13)15(2,3)4/h10-11H,8-9H2,1-7H3,(H,16,17,18). The zero-order chi connectivity index (χ0) is 15.3. The molecule has 0 bridgehead atoms. The summed E-state index contributed by atoms with van der Waals surface area (Å²) in [5, 5.41) is 3.13. The molecule has 4 nitrogen and oxygen atoms in total.